The highest BCUT2D eigenvalue weighted by Gasteiger charge is 2.39. The van der Waals surface area contributed by atoms with E-state index in [0.29, 0.717) is 18.4 Å². The molecule has 1 N–H and O–H groups in total. The Bertz CT molecular complexity index is 238. The molecule has 2 fully saturated rings. The summed E-state index contributed by atoms with van der Waals surface area (Å²) in [5.74, 6) is 1.10. The fraction of sp³-hybridized carbons (Fsp3) is 0.917. The van der Waals surface area contributed by atoms with Crippen LogP contribution >= 0.6 is 0 Å². The Morgan fingerprint density at radius 1 is 1.38 bits per heavy atom. The van der Waals surface area contributed by atoms with Gasteiger partial charge in [0, 0.05) is 19.8 Å². The summed E-state index contributed by atoms with van der Waals surface area (Å²) in [6, 6.07) is 0. The summed E-state index contributed by atoms with van der Waals surface area (Å²) in [5.41, 5.74) is 0. The molecule has 2 atom stereocenters. The molecule has 0 saturated carbocycles. The molecular formula is C12H21NO3. The van der Waals surface area contributed by atoms with Crippen LogP contribution < -0.4 is 5.32 Å². The maximum atomic E-state index is 11.8. The van der Waals surface area contributed by atoms with Gasteiger partial charge in [-0.3, -0.25) is 4.79 Å². The van der Waals surface area contributed by atoms with Gasteiger partial charge in [0.05, 0.1) is 12.5 Å². The van der Waals surface area contributed by atoms with Crippen molar-refractivity contribution in [2.45, 2.75) is 19.8 Å². The number of carbonyl (C=O) groups excluding carboxylic acids is 1. The minimum absolute atomic E-state index is 0.0241. The van der Waals surface area contributed by atoms with Gasteiger partial charge in [0.2, 0.25) is 0 Å². The highest BCUT2D eigenvalue weighted by molar-refractivity contribution is 5.73. The third-order valence-corrected chi connectivity index (χ3v) is 3.72. The molecule has 2 heterocycles. The molecule has 0 aliphatic carbocycles. The summed E-state index contributed by atoms with van der Waals surface area (Å²) in [7, 11) is 0. The van der Waals surface area contributed by atoms with Crippen LogP contribution in [-0.2, 0) is 14.3 Å². The van der Waals surface area contributed by atoms with E-state index < -0.39 is 0 Å². The molecule has 4 heteroatoms. The number of hydrogen-bond donors (Lipinski definition) is 1. The third-order valence-electron chi connectivity index (χ3n) is 3.72. The molecule has 2 aliphatic heterocycles. The van der Waals surface area contributed by atoms with Crippen molar-refractivity contribution in [3.8, 4) is 0 Å². The molecule has 92 valence electrons. The predicted molar refractivity (Wildman–Crippen MR) is 60.0 cm³/mol. The zero-order valence-electron chi connectivity index (χ0n) is 9.91. The number of hydrogen-bond acceptors (Lipinski definition) is 4. The van der Waals surface area contributed by atoms with E-state index in [2.05, 4.69) is 5.32 Å². The second kappa shape index (κ2) is 5.64. The molecular weight excluding hydrogens is 206 g/mol. The molecule has 0 aromatic carbocycles. The van der Waals surface area contributed by atoms with Crippen LogP contribution in [0.3, 0.4) is 0 Å². The quantitative estimate of drug-likeness (QED) is 0.725. The van der Waals surface area contributed by atoms with Crippen molar-refractivity contribution in [1.82, 2.24) is 5.32 Å². The number of nitrogens with one attached hydrogen (secondary N) is 1. The molecule has 0 bridgehead atoms. The molecule has 2 unspecified atom stereocenters. The van der Waals surface area contributed by atoms with Crippen LogP contribution in [-0.4, -0.2) is 38.9 Å². The van der Waals surface area contributed by atoms with Gasteiger partial charge in [-0.15, -0.1) is 0 Å². The maximum Gasteiger partial charge on any atom is 0.310 e. The van der Waals surface area contributed by atoms with Crippen LogP contribution in [0, 0.1) is 17.8 Å². The van der Waals surface area contributed by atoms with Gasteiger partial charge < -0.3 is 14.8 Å². The molecule has 0 aromatic rings. The number of esters is 1. The Labute approximate surface area is 96.7 Å². The normalized spacial score (nSPS) is 31.6. The second-order valence-corrected chi connectivity index (χ2v) is 4.63. The summed E-state index contributed by atoms with van der Waals surface area (Å²) in [5, 5.41) is 3.32. The Hall–Kier alpha value is -0.610. The molecule has 2 rings (SSSR count). The smallest absolute Gasteiger partial charge is 0.310 e. The summed E-state index contributed by atoms with van der Waals surface area (Å²) >= 11 is 0. The molecule has 2 aliphatic rings. The SMILES string of the molecule is CCOC(=O)C1CNCC1C1CCOCC1. The van der Waals surface area contributed by atoms with Gasteiger partial charge >= 0.3 is 5.97 Å². The van der Waals surface area contributed by atoms with Crippen molar-refractivity contribution >= 4 is 5.97 Å². The first-order valence-electron chi connectivity index (χ1n) is 6.28. The van der Waals surface area contributed by atoms with Crippen LogP contribution in [0.5, 0.6) is 0 Å². The van der Waals surface area contributed by atoms with E-state index in [-0.39, 0.29) is 11.9 Å². The van der Waals surface area contributed by atoms with Gasteiger partial charge in [-0.25, -0.2) is 0 Å². The lowest BCUT2D eigenvalue weighted by molar-refractivity contribution is -0.149. The van der Waals surface area contributed by atoms with E-state index in [1.807, 2.05) is 6.92 Å². The highest BCUT2D eigenvalue weighted by atomic mass is 16.5. The average Bonchev–Trinajstić information content (AvgIpc) is 2.79. The van der Waals surface area contributed by atoms with E-state index >= 15 is 0 Å². The van der Waals surface area contributed by atoms with E-state index in [4.69, 9.17) is 9.47 Å². The Morgan fingerprint density at radius 2 is 2.12 bits per heavy atom. The van der Waals surface area contributed by atoms with Crippen LogP contribution in [0.15, 0.2) is 0 Å². The first kappa shape index (κ1) is 11.9. The zero-order valence-corrected chi connectivity index (χ0v) is 9.91. The number of ether oxygens (including phenoxy) is 2. The summed E-state index contributed by atoms with van der Waals surface area (Å²) in [6.07, 6.45) is 2.17. The molecule has 0 spiro atoms. The van der Waals surface area contributed by atoms with Crippen LogP contribution in [0.4, 0.5) is 0 Å². The molecule has 0 aromatic heterocycles. The van der Waals surface area contributed by atoms with Gasteiger partial charge in [-0.2, -0.15) is 0 Å². The van der Waals surface area contributed by atoms with Crippen molar-refractivity contribution in [3.63, 3.8) is 0 Å². The van der Waals surface area contributed by atoms with Crippen LogP contribution in [0.1, 0.15) is 19.8 Å². The van der Waals surface area contributed by atoms with E-state index in [0.717, 1.165) is 39.1 Å². The van der Waals surface area contributed by atoms with Crippen molar-refractivity contribution in [1.29, 1.82) is 0 Å². The van der Waals surface area contributed by atoms with E-state index in [9.17, 15) is 4.79 Å². The summed E-state index contributed by atoms with van der Waals surface area (Å²) in [4.78, 5) is 11.8. The molecule has 2 saturated heterocycles. The van der Waals surface area contributed by atoms with Gasteiger partial charge in [0.1, 0.15) is 0 Å². The van der Waals surface area contributed by atoms with Crippen LogP contribution in [0.2, 0.25) is 0 Å². The number of rotatable bonds is 3. The highest BCUT2D eigenvalue weighted by Crippen LogP contribution is 2.32. The van der Waals surface area contributed by atoms with E-state index in [1.54, 1.807) is 0 Å². The van der Waals surface area contributed by atoms with Gasteiger partial charge in [0.25, 0.3) is 0 Å². The van der Waals surface area contributed by atoms with Gasteiger partial charge in [-0.05, 0) is 38.1 Å². The number of carbonyl (C=O) groups is 1. The fourth-order valence-electron chi connectivity index (χ4n) is 2.85. The molecule has 0 amide bonds. The topological polar surface area (TPSA) is 47.6 Å². The van der Waals surface area contributed by atoms with Crippen molar-refractivity contribution in [2.24, 2.45) is 17.8 Å². The monoisotopic (exact) mass is 227 g/mol. The largest absolute Gasteiger partial charge is 0.466 e. The molecule has 0 radical (unpaired) electrons. The van der Waals surface area contributed by atoms with E-state index in [1.165, 1.54) is 0 Å². The first-order valence-corrected chi connectivity index (χ1v) is 6.28. The predicted octanol–water partition coefficient (Wildman–Crippen LogP) is 0.812. The average molecular weight is 227 g/mol. The molecule has 4 nitrogen and oxygen atoms in total. The minimum atomic E-state index is -0.0241. The summed E-state index contributed by atoms with van der Waals surface area (Å²) in [6.45, 7) is 5.77. The molecule has 16 heavy (non-hydrogen) atoms. The van der Waals surface area contributed by atoms with Crippen LogP contribution in [0.25, 0.3) is 0 Å². The lowest BCUT2D eigenvalue weighted by atomic mass is 9.79. The maximum absolute atomic E-state index is 11.8. The van der Waals surface area contributed by atoms with Gasteiger partial charge in [-0.1, -0.05) is 0 Å². The van der Waals surface area contributed by atoms with Gasteiger partial charge in [0.15, 0.2) is 0 Å². The van der Waals surface area contributed by atoms with Crippen molar-refractivity contribution < 1.29 is 14.3 Å². The van der Waals surface area contributed by atoms with Crippen molar-refractivity contribution in [2.75, 3.05) is 32.9 Å². The Balaban J connectivity index is 1.93. The lowest BCUT2D eigenvalue weighted by Gasteiger charge is -2.29. The Morgan fingerprint density at radius 3 is 2.81 bits per heavy atom. The Kier molecular flexibility index (Phi) is 4.18. The third kappa shape index (κ3) is 2.55. The van der Waals surface area contributed by atoms with Crippen molar-refractivity contribution in [3.05, 3.63) is 0 Å². The fourth-order valence-corrected chi connectivity index (χ4v) is 2.85. The minimum Gasteiger partial charge on any atom is -0.466 e. The standard InChI is InChI=1S/C12H21NO3/c1-2-16-12(14)11-8-13-7-10(11)9-3-5-15-6-4-9/h9-11,13H,2-8H2,1H3. The zero-order chi connectivity index (χ0) is 11.4. The first-order chi connectivity index (χ1) is 7.83. The lowest BCUT2D eigenvalue weighted by Crippen LogP contribution is -2.33. The second-order valence-electron chi connectivity index (χ2n) is 4.63. The summed E-state index contributed by atoms with van der Waals surface area (Å²) < 4.78 is 10.5.